The average molecular weight is 418 g/mol. The summed E-state index contributed by atoms with van der Waals surface area (Å²) in [7, 11) is -1.30. The fourth-order valence-corrected chi connectivity index (χ4v) is 4.13. The molecule has 3 rings (SSSR count). The molecule has 2 aromatic rings. The maximum Gasteiger partial charge on any atom is 0.339 e. The Morgan fingerprint density at radius 1 is 1.03 bits per heavy atom. The van der Waals surface area contributed by atoms with Crippen LogP contribution in [-0.4, -0.2) is 59.5 Å². The summed E-state index contributed by atoms with van der Waals surface area (Å²) in [5, 5.41) is 0. The Morgan fingerprint density at radius 3 is 2.38 bits per heavy atom. The van der Waals surface area contributed by atoms with E-state index in [-0.39, 0.29) is 23.9 Å². The summed E-state index contributed by atoms with van der Waals surface area (Å²) < 4.78 is 31.2. The number of nitrogens with zero attached hydrogens (tertiary/aromatic N) is 2. The van der Waals surface area contributed by atoms with Crippen LogP contribution in [-0.2, 0) is 20.3 Å². The SMILES string of the molecule is CC[S@](=O)c1ccccc1C(=O)OCC(=O)N1CCN(c2ccccc2F)CC1. The minimum absolute atomic E-state index is 0.213. The van der Waals surface area contributed by atoms with Gasteiger partial charge < -0.3 is 14.5 Å². The van der Waals surface area contributed by atoms with Crippen molar-refractivity contribution >= 4 is 28.4 Å². The standard InChI is InChI=1S/C21H23FN2O4S/c1-2-29(27)19-10-6-3-7-16(19)21(26)28-15-20(25)24-13-11-23(12-14-24)18-9-5-4-8-17(18)22/h3-10H,2,11-15H2,1H3/t29-/m0/s1. The molecule has 1 aliphatic heterocycles. The quantitative estimate of drug-likeness (QED) is 0.675. The van der Waals surface area contributed by atoms with Crippen LogP contribution in [0.25, 0.3) is 0 Å². The number of hydrogen-bond acceptors (Lipinski definition) is 5. The lowest BCUT2D eigenvalue weighted by molar-refractivity contribution is -0.134. The molecule has 0 N–H and O–H groups in total. The van der Waals surface area contributed by atoms with E-state index in [0.717, 1.165) is 0 Å². The van der Waals surface area contributed by atoms with Gasteiger partial charge in [0, 0.05) is 31.9 Å². The molecular formula is C21H23FN2O4S. The van der Waals surface area contributed by atoms with Gasteiger partial charge in [-0.25, -0.2) is 9.18 Å². The Morgan fingerprint density at radius 2 is 1.69 bits per heavy atom. The number of benzene rings is 2. The molecule has 1 heterocycles. The third-order valence-corrected chi connectivity index (χ3v) is 6.14. The minimum atomic E-state index is -1.30. The summed E-state index contributed by atoms with van der Waals surface area (Å²) in [6.45, 7) is 3.22. The zero-order valence-electron chi connectivity index (χ0n) is 16.2. The highest BCUT2D eigenvalue weighted by atomic mass is 32.2. The van der Waals surface area contributed by atoms with Crippen molar-refractivity contribution in [3.05, 3.63) is 59.9 Å². The van der Waals surface area contributed by atoms with E-state index in [1.807, 2.05) is 4.90 Å². The molecular weight excluding hydrogens is 395 g/mol. The number of halogens is 1. The van der Waals surface area contributed by atoms with Crippen molar-refractivity contribution in [2.75, 3.05) is 43.4 Å². The number of anilines is 1. The number of esters is 1. The van der Waals surface area contributed by atoms with E-state index in [1.54, 1.807) is 54.3 Å². The average Bonchev–Trinajstić information content (AvgIpc) is 2.77. The molecule has 1 aliphatic rings. The molecule has 29 heavy (non-hydrogen) atoms. The second kappa shape index (κ2) is 9.65. The zero-order valence-corrected chi connectivity index (χ0v) is 17.0. The number of piperazine rings is 1. The lowest BCUT2D eigenvalue weighted by Crippen LogP contribution is -2.50. The summed E-state index contributed by atoms with van der Waals surface area (Å²) in [6.07, 6.45) is 0. The van der Waals surface area contributed by atoms with E-state index in [2.05, 4.69) is 0 Å². The Bertz CT molecular complexity index is 913. The van der Waals surface area contributed by atoms with Crippen LogP contribution < -0.4 is 4.90 Å². The van der Waals surface area contributed by atoms with Gasteiger partial charge in [0.1, 0.15) is 5.82 Å². The molecule has 1 amide bonds. The van der Waals surface area contributed by atoms with Gasteiger partial charge in [-0.05, 0) is 24.3 Å². The van der Waals surface area contributed by atoms with Crippen LogP contribution >= 0.6 is 0 Å². The Hall–Kier alpha value is -2.74. The molecule has 2 aromatic carbocycles. The van der Waals surface area contributed by atoms with Crippen LogP contribution in [0.3, 0.4) is 0 Å². The van der Waals surface area contributed by atoms with Gasteiger partial charge in [0.2, 0.25) is 0 Å². The van der Waals surface area contributed by atoms with Gasteiger partial charge in [-0.15, -0.1) is 0 Å². The highest BCUT2D eigenvalue weighted by molar-refractivity contribution is 7.85. The second-order valence-corrected chi connectivity index (χ2v) is 8.23. The van der Waals surface area contributed by atoms with Gasteiger partial charge in [-0.3, -0.25) is 9.00 Å². The van der Waals surface area contributed by atoms with E-state index in [0.29, 0.717) is 42.5 Å². The molecule has 154 valence electrons. The normalized spacial score (nSPS) is 15.1. The first kappa shape index (κ1) is 21.0. The van der Waals surface area contributed by atoms with Gasteiger partial charge >= 0.3 is 5.97 Å². The third kappa shape index (κ3) is 5.00. The fourth-order valence-electron chi connectivity index (χ4n) is 3.19. The Kier molecular flexibility index (Phi) is 6.98. The number of rotatable bonds is 6. The van der Waals surface area contributed by atoms with Crippen molar-refractivity contribution in [3.8, 4) is 0 Å². The third-order valence-electron chi connectivity index (χ3n) is 4.77. The van der Waals surface area contributed by atoms with Crippen LogP contribution in [0.2, 0.25) is 0 Å². The molecule has 0 unspecified atom stereocenters. The number of carbonyl (C=O) groups is 2. The van der Waals surface area contributed by atoms with E-state index < -0.39 is 16.8 Å². The van der Waals surface area contributed by atoms with Crippen molar-refractivity contribution in [1.29, 1.82) is 0 Å². The maximum absolute atomic E-state index is 13.9. The smallest absolute Gasteiger partial charge is 0.339 e. The van der Waals surface area contributed by atoms with Gasteiger partial charge in [0.15, 0.2) is 6.61 Å². The predicted molar refractivity (Wildman–Crippen MR) is 109 cm³/mol. The van der Waals surface area contributed by atoms with Crippen molar-refractivity contribution < 1.29 is 22.9 Å². The van der Waals surface area contributed by atoms with Gasteiger partial charge in [-0.2, -0.15) is 0 Å². The first-order valence-corrected chi connectivity index (χ1v) is 10.7. The highest BCUT2D eigenvalue weighted by Crippen LogP contribution is 2.20. The molecule has 0 saturated carbocycles. The predicted octanol–water partition coefficient (Wildman–Crippen LogP) is 2.46. The van der Waals surface area contributed by atoms with Crippen LogP contribution in [0.4, 0.5) is 10.1 Å². The Balaban J connectivity index is 1.54. The van der Waals surface area contributed by atoms with Crippen LogP contribution in [0.15, 0.2) is 53.4 Å². The van der Waals surface area contributed by atoms with Crippen molar-refractivity contribution in [3.63, 3.8) is 0 Å². The number of ether oxygens (including phenoxy) is 1. The number of para-hydroxylation sites is 1. The summed E-state index contributed by atoms with van der Waals surface area (Å²) in [5.41, 5.74) is 0.733. The van der Waals surface area contributed by atoms with Crippen LogP contribution in [0, 0.1) is 5.82 Å². The summed E-state index contributed by atoms with van der Waals surface area (Å²) in [6, 6.07) is 13.1. The molecule has 1 fully saturated rings. The molecule has 6 nitrogen and oxygen atoms in total. The van der Waals surface area contributed by atoms with Crippen molar-refractivity contribution in [2.24, 2.45) is 0 Å². The van der Waals surface area contributed by atoms with Gasteiger partial charge in [0.25, 0.3) is 5.91 Å². The first-order valence-electron chi connectivity index (χ1n) is 9.43. The summed E-state index contributed by atoms with van der Waals surface area (Å²) >= 11 is 0. The second-order valence-electron chi connectivity index (χ2n) is 6.53. The Labute approximate surface area is 171 Å². The van der Waals surface area contributed by atoms with E-state index in [9.17, 15) is 18.2 Å². The molecule has 0 aromatic heterocycles. The molecule has 1 atom stereocenters. The van der Waals surface area contributed by atoms with Crippen molar-refractivity contribution in [1.82, 2.24) is 4.90 Å². The summed E-state index contributed by atoms with van der Waals surface area (Å²) in [4.78, 5) is 28.7. The topological polar surface area (TPSA) is 66.9 Å². The molecule has 0 radical (unpaired) electrons. The first-order chi connectivity index (χ1) is 14.0. The minimum Gasteiger partial charge on any atom is -0.452 e. The van der Waals surface area contributed by atoms with Crippen LogP contribution in [0.1, 0.15) is 17.3 Å². The largest absolute Gasteiger partial charge is 0.452 e. The monoisotopic (exact) mass is 418 g/mol. The molecule has 1 saturated heterocycles. The van der Waals surface area contributed by atoms with Gasteiger partial charge in [0.05, 0.1) is 26.9 Å². The van der Waals surface area contributed by atoms with E-state index in [1.165, 1.54) is 6.07 Å². The van der Waals surface area contributed by atoms with E-state index >= 15 is 0 Å². The lowest BCUT2D eigenvalue weighted by atomic mass is 10.2. The van der Waals surface area contributed by atoms with Crippen molar-refractivity contribution in [2.45, 2.75) is 11.8 Å². The lowest BCUT2D eigenvalue weighted by Gasteiger charge is -2.36. The number of amides is 1. The van der Waals surface area contributed by atoms with E-state index in [4.69, 9.17) is 4.74 Å². The van der Waals surface area contributed by atoms with Crippen LogP contribution in [0.5, 0.6) is 0 Å². The molecule has 0 aliphatic carbocycles. The molecule has 0 bridgehead atoms. The zero-order chi connectivity index (χ0) is 20.8. The molecule has 8 heteroatoms. The van der Waals surface area contributed by atoms with Gasteiger partial charge in [-0.1, -0.05) is 31.2 Å². The molecule has 0 spiro atoms. The number of carbonyl (C=O) groups excluding carboxylic acids is 2. The number of hydrogen-bond donors (Lipinski definition) is 0. The maximum atomic E-state index is 13.9. The highest BCUT2D eigenvalue weighted by Gasteiger charge is 2.24. The summed E-state index contributed by atoms with van der Waals surface area (Å²) in [5.74, 6) is -0.874. The fraction of sp³-hybridized carbons (Fsp3) is 0.333.